The Hall–Kier alpha value is -4.17. The van der Waals surface area contributed by atoms with Crippen molar-refractivity contribution in [3.63, 3.8) is 0 Å². The zero-order valence-electron chi connectivity index (χ0n) is 25.8. The molecule has 0 unspecified atom stereocenters. The van der Waals surface area contributed by atoms with Crippen LogP contribution in [0.5, 0.6) is 5.75 Å². The van der Waals surface area contributed by atoms with Crippen molar-refractivity contribution in [3.8, 4) is 5.75 Å². The highest BCUT2D eigenvalue weighted by atomic mass is 16.6. The Balaban J connectivity index is 1.05. The average Bonchev–Trinajstić information content (AvgIpc) is 3.36. The molecule has 2 aliphatic rings. The van der Waals surface area contributed by atoms with Gasteiger partial charge >= 0.3 is 17.9 Å². The maximum Gasteiger partial charge on any atom is 0.344 e. The van der Waals surface area contributed by atoms with Gasteiger partial charge in [0.1, 0.15) is 19.0 Å². The van der Waals surface area contributed by atoms with E-state index >= 15 is 0 Å². The number of aliphatic hydroxyl groups excluding tert-OH is 1. The smallest absolute Gasteiger partial charge is 0.344 e. The summed E-state index contributed by atoms with van der Waals surface area (Å²) in [6.07, 6.45) is 2.91. The van der Waals surface area contributed by atoms with Gasteiger partial charge in [-0.15, -0.1) is 0 Å². The molecule has 8 nitrogen and oxygen atoms in total. The fourth-order valence-corrected chi connectivity index (χ4v) is 6.64. The molecule has 5 atom stereocenters. The molecular formula is C37H42O8. The average molecular weight is 615 g/mol. The first kappa shape index (κ1) is 32.2. The highest BCUT2D eigenvalue weighted by Crippen LogP contribution is 2.48. The molecule has 0 amide bonds. The molecule has 3 aromatic rings. The number of esters is 3. The first-order valence-electron chi connectivity index (χ1n) is 15.9. The first-order valence-corrected chi connectivity index (χ1v) is 15.9. The number of ether oxygens (including phenoxy) is 4. The summed E-state index contributed by atoms with van der Waals surface area (Å²) in [6.45, 7) is 2.09. The summed E-state index contributed by atoms with van der Waals surface area (Å²) in [7, 11) is 0. The van der Waals surface area contributed by atoms with Crippen LogP contribution in [-0.4, -0.2) is 41.8 Å². The van der Waals surface area contributed by atoms with Crippen molar-refractivity contribution >= 4 is 17.9 Å². The van der Waals surface area contributed by atoms with Crippen molar-refractivity contribution in [3.05, 3.63) is 101 Å². The molecular weight excluding hydrogens is 572 g/mol. The van der Waals surface area contributed by atoms with Gasteiger partial charge in [0, 0.05) is 0 Å². The zero-order chi connectivity index (χ0) is 31.6. The third-order valence-corrected chi connectivity index (χ3v) is 8.95. The standard InChI is InChI=1S/C37H42O8/c1-25(45-36(40)18-17-35(39)43-22-26-9-4-2-5-10-26)15-16-30-31-19-28-13-8-14-34(32(28)20-29(31)21-33(30)38)42-24-37(41)44-23-27-11-6-3-7-12-27/h2-14,25,29-31,33,38H,15-24H2,1H3/t25-,29-,30+,31-,33+/m0/s1. The molecule has 0 spiro atoms. The van der Waals surface area contributed by atoms with Crippen LogP contribution in [-0.2, 0) is 54.6 Å². The summed E-state index contributed by atoms with van der Waals surface area (Å²) < 4.78 is 22.1. The summed E-state index contributed by atoms with van der Waals surface area (Å²) in [5.74, 6) is 0.164. The van der Waals surface area contributed by atoms with E-state index in [0.29, 0.717) is 30.4 Å². The summed E-state index contributed by atoms with van der Waals surface area (Å²) in [6, 6.07) is 24.9. The number of hydrogen-bond donors (Lipinski definition) is 1. The molecule has 0 bridgehead atoms. The Kier molecular flexibility index (Phi) is 11.3. The maximum atomic E-state index is 12.4. The Morgan fingerprint density at radius 1 is 0.800 bits per heavy atom. The molecule has 45 heavy (non-hydrogen) atoms. The first-order chi connectivity index (χ1) is 21.9. The van der Waals surface area contributed by atoms with Crippen molar-refractivity contribution in [1.82, 2.24) is 0 Å². The van der Waals surface area contributed by atoms with Crippen molar-refractivity contribution in [1.29, 1.82) is 0 Å². The minimum atomic E-state index is -0.433. The number of fused-ring (bicyclic) bond motifs is 2. The highest BCUT2D eigenvalue weighted by molar-refractivity contribution is 5.77. The second-order valence-electron chi connectivity index (χ2n) is 12.2. The number of carbonyl (C=O) groups is 3. The van der Waals surface area contributed by atoms with Crippen molar-refractivity contribution in [2.45, 2.75) is 77.3 Å². The van der Waals surface area contributed by atoms with Gasteiger partial charge in [0.15, 0.2) is 6.61 Å². The van der Waals surface area contributed by atoms with E-state index in [0.717, 1.165) is 36.0 Å². The number of hydrogen-bond acceptors (Lipinski definition) is 8. The minimum Gasteiger partial charge on any atom is -0.482 e. The summed E-state index contributed by atoms with van der Waals surface area (Å²) >= 11 is 0. The molecule has 0 aromatic heterocycles. The molecule has 0 aliphatic heterocycles. The maximum absolute atomic E-state index is 12.4. The zero-order valence-corrected chi connectivity index (χ0v) is 25.8. The van der Waals surface area contributed by atoms with E-state index in [2.05, 4.69) is 6.07 Å². The molecule has 5 rings (SSSR count). The quantitative estimate of drug-likeness (QED) is 0.181. The van der Waals surface area contributed by atoms with Crippen LogP contribution in [0.2, 0.25) is 0 Å². The normalized spacial score (nSPS) is 20.8. The van der Waals surface area contributed by atoms with Crippen LogP contribution in [0.25, 0.3) is 0 Å². The third-order valence-electron chi connectivity index (χ3n) is 8.95. The summed E-state index contributed by atoms with van der Waals surface area (Å²) in [5.41, 5.74) is 4.11. The lowest BCUT2D eigenvalue weighted by Crippen LogP contribution is -2.28. The van der Waals surface area contributed by atoms with Crippen LogP contribution in [0, 0.1) is 17.8 Å². The molecule has 1 fully saturated rings. The molecule has 0 heterocycles. The van der Waals surface area contributed by atoms with Crippen LogP contribution < -0.4 is 4.74 Å². The van der Waals surface area contributed by atoms with Gasteiger partial charge in [-0.2, -0.15) is 0 Å². The fourth-order valence-electron chi connectivity index (χ4n) is 6.64. The van der Waals surface area contributed by atoms with Crippen LogP contribution in [0.1, 0.15) is 61.3 Å². The van der Waals surface area contributed by atoms with Crippen LogP contribution in [0.3, 0.4) is 0 Å². The second kappa shape index (κ2) is 15.7. The van der Waals surface area contributed by atoms with Gasteiger partial charge in [0.25, 0.3) is 0 Å². The molecule has 238 valence electrons. The number of aliphatic hydroxyl groups is 1. The molecule has 2 aliphatic carbocycles. The molecule has 1 N–H and O–H groups in total. The highest BCUT2D eigenvalue weighted by Gasteiger charge is 2.45. The lowest BCUT2D eigenvalue weighted by Gasteiger charge is -2.32. The van der Waals surface area contributed by atoms with Crippen LogP contribution in [0.4, 0.5) is 0 Å². The van der Waals surface area contributed by atoms with Gasteiger partial charge in [-0.3, -0.25) is 9.59 Å². The minimum absolute atomic E-state index is 0.0243. The van der Waals surface area contributed by atoms with Gasteiger partial charge < -0.3 is 24.1 Å². The van der Waals surface area contributed by atoms with E-state index in [1.165, 1.54) is 5.56 Å². The van der Waals surface area contributed by atoms with E-state index in [-0.39, 0.29) is 44.7 Å². The Labute approximate surface area is 264 Å². The lowest BCUT2D eigenvalue weighted by molar-refractivity contribution is -0.154. The van der Waals surface area contributed by atoms with E-state index in [4.69, 9.17) is 18.9 Å². The van der Waals surface area contributed by atoms with Crippen molar-refractivity contribution < 1.29 is 38.4 Å². The van der Waals surface area contributed by atoms with E-state index < -0.39 is 24.0 Å². The monoisotopic (exact) mass is 614 g/mol. The summed E-state index contributed by atoms with van der Waals surface area (Å²) in [4.78, 5) is 36.7. The Morgan fingerprint density at radius 2 is 1.44 bits per heavy atom. The number of carbonyl (C=O) groups excluding carboxylic acids is 3. The molecule has 3 aromatic carbocycles. The predicted molar refractivity (Wildman–Crippen MR) is 167 cm³/mol. The molecule has 0 radical (unpaired) electrons. The molecule has 8 heteroatoms. The summed E-state index contributed by atoms with van der Waals surface area (Å²) in [5, 5.41) is 11.0. The van der Waals surface area contributed by atoms with E-state index in [9.17, 15) is 19.5 Å². The number of rotatable bonds is 14. The van der Waals surface area contributed by atoms with Crippen LogP contribution >= 0.6 is 0 Å². The van der Waals surface area contributed by atoms with Gasteiger partial charge in [0.2, 0.25) is 0 Å². The largest absolute Gasteiger partial charge is 0.482 e. The molecule has 0 saturated heterocycles. The van der Waals surface area contributed by atoms with Crippen molar-refractivity contribution in [2.24, 2.45) is 17.8 Å². The van der Waals surface area contributed by atoms with E-state index in [1.54, 1.807) is 0 Å². The fraction of sp³-hybridized carbons (Fsp3) is 0.432. The van der Waals surface area contributed by atoms with Gasteiger partial charge in [-0.05, 0) is 85.1 Å². The predicted octanol–water partition coefficient (Wildman–Crippen LogP) is 5.76. The SMILES string of the molecule is C[C@@H](CC[C@@H]1[C@H]2Cc3cccc(OCC(=O)OCc4ccccc4)c3C[C@H]2C[C@H]1O)OC(=O)CCC(=O)OCc1ccccc1. The Morgan fingerprint density at radius 3 is 2.13 bits per heavy atom. The third kappa shape index (κ3) is 9.17. The van der Waals surface area contributed by atoms with Gasteiger partial charge in [-0.25, -0.2) is 4.79 Å². The molecule has 1 saturated carbocycles. The topological polar surface area (TPSA) is 108 Å². The Bertz CT molecular complexity index is 1420. The van der Waals surface area contributed by atoms with Gasteiger partial charge in [-0.1, -0.05) is 72.8 Å². The lowest BCUT2D eigenvalue weighted by atomic mass is 9.73. The van der Waals surface area contributed by atoms with Crippen LogP contribution in [0.15, 0.2) is 78.9 Å². The van der Waals surface area contributed by atoms with E-state index in [1.807, 2.05) is 79.7 Å². The van der Waals surface area contributed by atoms with Crippen molar-refractivity contribution in [2.75, 3.05) is 6.61 Å². The van der Waals surface area contributed by atoms with Gasteiger partial charge in [0.05, 0.1) is 25.0 Å². The number of benzene rings is 3. The second-order valence-corrected chi connectivity index (χ2v) is 12.2.